The van der Waals surface area contributed by atoms with Crippen LogP contribution < -0.4 is 5.73 Å². The molecule has 0 aromatic carbocycles. The maximum Gasteiger partial charge on any atom is 0.236 e. The molecule has 0 aliphatic carbocycles. The van der Waals surface area contributed by atoms with E-state index in [-0.39, 0.29) is 12.5 Å². The summed E-state index contributed by atoms with van der Waals surface area (Å²) in [6, 6.07) is 2.06. The standard InChI is InChI=1S/C11H18N4O/c1-14-5-4-10(13-14)9-2-6-15(7-3-9)11(16)8-12/h4-5,9H,2-3,6-8,12H2,1H3. The Morgan fingerprint density at radius 1 is 1.56 bits per heavy atom. The van der Waals surface area contributed by atoms with E-state index < -0.39 is 0 Å². The molecular formula is C11H18N4O. The van der Waals surface area contributed by atoms with Crippen LogP contribution in [-0.2, 0) is 11.8 Å². The van der Waals surface area contributed by atoms with Crippen LogP contribution in [0.4, 0.5) is 0 Å². The minimum Gasteiger partial charge on any atom is -0.342 e. The van der Waals surface area contributed by atoms with Crippen LogP contribution in [0.5, 0.6) is 0 Å². The van der Waals surface area contributed by atoms with Gasteiger partial charge in [-0.3, -0.25) is 9.48 Å². The van der Waals surface area contributed by atoms with E-state index in [1.807, 2.05) is 22.8 Å². The van der Waals surface area contributed by atoms with Gasteiger partial charge in [-0.2, -0.15) is 5.10 Å². The van der Waals surface area contributed by atoms with Gasteiger partial charge in [-0.1, -0.05) is 0 Å². The summed E-state index contributed by atoms with van der Waals surface area (Å²) < 4.78 is 1.83. The summed E-state index contributed by atoms with van der Waals surface area (Å²) >= 11 is 0. The first-order valence-electron chi connectivity index (χ1n) is 5.68. The molecule has 0 atom stereocenters. The fourth-order valence-electron chi connectivity index (χ4n) is 2.20. The SMILES string of the molecule is Cn1ccc(C2CCN(C(=O)CN)CC2)n1. The molecule has 5 nitrogen and oxygen atoms in total. The monoisotopic (exact) mass is 222 g/mol. The van der Waals surface area contributed by atoms with Crippen molar-refractivity contribution in [1.82, 2.24) is 14.7 Å². The second kappa shape index (κ2) is 4.65. The van der Waals surface area contributed by atoms with Crippen molar-refractivity contribution in [2.24, 2.45) is 12.8 Å². The first kappa shape index (κ1) is 11.1. The lowest BCUT2D eigenvalue weighted by Gasteiger charge is -2.30. The number of amides is 1. The summed E-state index contributed by atoms with van der Waals surface area (Å²) in [4.78, 5) is 13.2. The predicted molar refractivity (Wildman–Crippen MR) is 60.8 cm³/mol. The second-order valence-corrected chi connectivity index (χ2v) is 4.27. The molecule has 1 aromatic heterocycles. The zero-order valence-electron chi connectivity index (χ0n) is 9.59. The van der Waals surface area contributed by atoms with Crippen LogP contribution in [0, 0.1) is 0 Å². The molecule has 0 spiro atoms. The number of aryl methyl sites for hydroxylation is 1. The molecule has 88 valence electrons. The van der Waals surface area contributed by atoms with E-state index in [0.717, 1.165) is 31.6 Å². The molecule has 1 saturated heterocycles. The highest BCUT2D eigenvalue weighted by molar-refractivity contribution is 5.78. The summed E-state index contributed by atoms with van der Waals surface area (Å²) in [6.07, 6.45) is 3.94. The Bertz CT molecular complexity index is 366. The Balaban J connectivity index is 1.92. The van der Waals surface area contributed by atoms with Crippen molar-refractivity contribution in [1.29, 1.82) is 0 Å². The predicted octanol–water partition coefficient (Wildman–Crippen LogP) is 0.0848. The molecule has 1 aliphatic heterocycles. The zero-order valence-corrected chi connectivity index (χ0v) is 9.59. The van der Waals surface area contributed by atoms with Crippen LogP contribution in [0.15, 0.2) is 12.3 Å². The van der Waals surface area contributed by atoms with Gasteiger partial charge in [0, 0.05) is 32.3 Å². The molecule has 2 N–H and O–H groups in total. The molecule has 16 heavy (non-hydrogen) atoms. The smallest absolute Gasteiger partial charge is 0.236 e. The highest BCUT2D eigenvalue weighted by atomic mass is 16.2. The third-order valence-corrected chi connectivity index (χ3v) is 3.17. The van der Waals surface area contributed by atoms with Gasteiger partial charge < -0.3 is 10.6 Å². The number of nitrogens with two attached hydrogens (primary N) is 1. The largest absolute Gasteiger partial charge is 0.342 e. The van der Waals surface area contributed by atoms with Crippen molar-refractivity contribution in [3.8, 4) is 0 Å². The average Bonchev–Trinajstić information content (AvgIpc) is 2.75. The lowest BCUT2D eigenvalue weighted by atomic mass is 9.94. The highest BCUT2D eigenvalue weighted by Crippen LogP contribution is 2.26. The van der Waals surface area contributed by atoms with E-state index in [0.29, 0.717) is 5.92 Å². The van der Waals surface area contributed by atoms with Gasteiger partial charge in [-0.25, -0.2) is 0 Å². The Kier molecular flexibility index (Phi) is 3.24. The van der Waals surface area contributed by atoms with Gasteiger partial charge >= 0.3 is 0 Å². The maximum atomic E-state index is 11.4. The number of carbonyl (C=O) groups is 1. The van der Waals surface area contributed by atoms with Crippen LogP contribution in [0.1, 0.15) is 24.5 Å². The number of hydrogen-bond donors (Lipinski definition) is 1. The van der Waals surface area contributed by atoms with Gasteiger partial charge in [0.25, 0.3) is 0 Å². The maximum absolute atomic E-state index is 11.4. The fourth-order valence-corrected chi connectivity index (χ4v) is 2.20. The molecule has 1 amide bonds. The van der Waals surface area contributed by atoms with Crippen LogP contribution in [-0.4, -0.2) is 40.2 Å². The van der Waals surface area contributed by atoms with Gasteiger partial charge in [0.2, 0.25) is 5.91 Å². The van der Waals surface area contributed by atoms with Crippen LogP contribution in [0.3, 0.4) is 0 Å². The second-order valence-electron chi connectivity index (χ2n) is 4.27. The number of likely N-dealkylation sites (tertiary alicyclic amines) is 1. The molecule has 1 fully saturated rings. The Labute approximate surface area is 95.2 Å². The summed E-state index contributed by atoms with van der Waals surface area (Å²) in [5.74, 6) is 0.544. The van der Waals surface area contributed by atoms with Crippen molar-refractivity contribution in [2.75, 3.05) is 19.6 Å². The zero-order chi connectivity index (χ0) is 11.5. The molecule has 2 rings (SSSR count). The van der Waals surface area contributed by atoms with E-state index >= 15 is 0 Å². The Morgan fingerprint density at radius 3 is 2.75 bits per heavy atom. The van der Waals surface area contributed by atoms with Gasteiger partial charge in [0.1, 0.15) is 0 Å². The topological polar surface area (TPSA) is 64.2 Å². The van der Waals surface area contributed by atoms with Crippen LogP contribution in [0.2, 0.25) is 0 Å². The molecule has 0 bridgehead atoms. The molecule has 1 aromatic rings. The van der Waals surface area contributed by atoms with E-state index in [4.69, 9.17) is 5.73 Å². The van der Waals surface area contributed by atoms with E-state index in [1.54, 1.807) is 0 Å². The van der Waals surface area contributed by atoms with Gasteiger partial charge in [-0.05, 0) is 18.9 Å². The quantitative estimate of drug-likeness (QED) is 0.771. The lowest BCUT2D eigenvalue weighted by molar-refractivity contribution is -0.130. The third-order valence-electron chi connectivity index (χ3n) is 3.17. The van der Waals surface area contributed by atoms with Crippen molar-refractivity contribution in [3.05, 3.63) is 18.0 Å². The summed E-state index contributed by atoms with van der Waals surface area (Å²) in [5, 5.41) is 4.41. The van der Waals surface area contributed by atoms with Crippen LogP contribution >= 0.6 is 0 Å². The summed E-state index contributed by atoms with van der Waals surface area (Å²) in [6.45, 7) is 1.73. The third kappa shape index (κ3) is 2.24. The number of aromatic nitrogens is 2. The van der Waals surface area contributed by atoms with E-state index in [1.165, 1.54) is 0 Å². The average molecular weight is 222 g/mol. The number of hydrogen-bond acceptors (Lipinski definition) is 3. The van der Waals surface area contributed by atoms with Gasteiger partial charge in [0.05, 0.1) is 12.2 Å². The van der Waals surface area contributed by atoms with Gasteiger partial charge in [0.15, 0.2) is 0 Å². The number of nitrogens with zero attached hydrogens (tertiary/aromatic N) is 3. The molecule has 5 heteroatoms. The minimum atomic E-state index is 0.0551. The molecule has 0 saturated carbocycles. The van der Waals surface area contributed by atoms with Crippen molar-refractivity contribution in [2.45, 2.75) is 18.8 Å². The van der Waals surface area contributed by atoms with E-state index in [9.17, 15) is 4.79 Å². The number of carbonyl (C=O) groups excluding carboxylic acids is 1. The highest BCUT2D eigenvalue weighted by Gasteiger charge is 2.24. The van der Waals surface area contributed by atoms with Crippen molar-refractivity contribution >= 4 is 5.91 Å². The van der Waals surface area contributed by atoms with Crippen molar-refractivity contribution < 1.29 is 4.79 Å². The molecular weight excluding hydrogens is 204 g/mol. The molecule has 0 unspecified atom stereocenters. The Morgan fingerprint density at radius 2 is 2.25 bits per heavy atom. The number of rotatable bonds is 2. The first-order valence-corrected chi connectivity index (χ1v) is 5.68. The summed E-state index contributed by atoms with van der Waals surface area (Å²) in [5.41, 5.74) is 6.49. The normalized spacial score (nSPS) is 17.8. The molecule has 2 heterocycles. The minimum absolute atomic E-state index is 0.0551. The fraction of sp³-hybridized carbons (Fsp3) is 0.636. The van der Waals surface area contributed by atoms with Crippen LogP contribution in [0.25, 0.3) is 0 Å². The lowest BCUT2D eigenvalue weighted by Crippen LogP contribution is -2.41. The van der Waals surface area contributed by atoms with Gasteiger partial charge in [-0.15, -0.1) is 0 Å². The number of piperidine rings is 1. The van der Waals surface area contributed by atoms with E-state index in [2.05, 4.69) is 11.2 Å². The van der Waals surface area contributed by atoms with Crippen molar-refractivity contribution in [3.63, 3.8) is 0 Å². The Hall–Kier alpha value is -1.36. The summed E-state index contributed by atoms with van der Waals surface area (Å²) in [7, 11) is 1.93. The first-order chi connectivity index (χ1) is 7.70. The molecule has 0 radical (unpaired) electrons. The molecule has 1 aliphatic rings.